The molecular formula is C20H30O2. The van der Waals surface area contributed by atoms with Crippen LogP contribution < -0.4 is 0 Å². The van der Waals surface area contributed by atoms with Gasteiger partial charge in [-0.15, -0.1) is 0 Å². The molecule has 0 spiro atoms. The van der Waals surface area contributed by atoms with Crippen LogP contribution in [0.5, 0.6) is 0 Å². The van der Waals surface area contributed by atoms with Gasteiger partial charge in [0, 0.05) is 6.42 Å². The van der Waals surface area contributed by atoms with Gasteiger partial charge >= 0.3 is 5.97 Å². The van der Waals surface area contributed by atoms with Gasteiger partial charge in [-0.2, -0.15) is 0 Å². The molecule has 1 atom stereocenters. The van der Waals surface area contributed by atoms with Crippen molar-refractivity contribution in [3.8, 4) is 0 Å². The van der Waals surface area contributed by atoms with E-state index in [1.54, 1.807) is 0 Å². The Morgan fingerprint density at radius 2 is 1.82 bits per heavy atom. The summed E-state index contributed by atoms with van der Waals surface area (Å²) >= 11 is 0. The Morgan fingerprint density at radius 3 is 2.41 bits per heavy atom. The lowest BCUT2D eigenvalue weighted by atomic mass is 9.95. The monoisotopic (exact) mass is 302 g/mol. The van der Waals surface area contributed by atoms with Gasteiger partial charge in [0.1, 0.15) is 6.61 Å². The second-order valence-electron chi connectivity index (χ2n) is 6.70. The van der Waals surface area contributed by atoms with Crippen LogP contribution in [0.2, 0.25) is 0 Å². The summed E-state index contributed by atoms with van der Waals surface area (Å²) in [5, 5.41) is 0. The summed E-state index contributed by atoms with van der Waals surface area (Å²) in [6.07, 6.45) is 4.81. The molecule has 0 unspecified atom stereocenters. The molecule has 22 heavy (non-hydrogen) atoms. The number of benzene rings is 1. The first-order valence-corrected chi connectivity index (χ1v) is 8.26. The molecule has 0 fully saturated rings. The molecule has 0 amide bonds. The number of esters is 1. The third-order valence-electron chi connectivity index (χ3n) is 3.77. The maximum absolute atomic E-state index is 11.5. The highest BCUT2D eigenvalue weighted by atomic mass is 16.5. The second-order valence-corrected chi connectivity index (χ2v) is 6.70. The van der Waals surface area contributed by atoms with Crippen molar-refractivity contribution in [2.75, 3.05) is 6.61 Å². The Bertz CT molecular complexity index is 483. The molecule has 2 heteroatoms. The lowest BCUT2D eigenvalue weighted by molar-refractivity contribution is -0.143. The standard InChI is InChI=1S/C20H30O2/c1-15(2)13-20(21)22-14-17(4)7-6-8-18(5)19-11-9-16(3)10-12-19/h7,9-12,15,18H,6,8,13-14H2,1-5H3/b17-7-/t18-/m0/s1. The van der Waals surface area contributed by atoms with Crippen LogP contribution in [0.1, 0.15) is 64.0 Å². The van der Waals surface area contributed by atoms with Gasteiger partial charge in [-0.25, -0.2) is 0 Å². The van der Waals surface area contributed by atoms with Crippen molar-refractivity contribution in [1.82, 2.24) is 0 Å². The van der Waals surface area contributed by atoms with Crippen LogP contribution in [0.4, 0.5) is 0 Å². The van der Waals surface area contributed by atoms with Crippen LogP contribution in [0, 0.1) is 12.8 Å². The Kier molecular flexibility index (Phi) is 7.94. The molecule has 0 bridgehead atoms. The highest BCUT2D eigenvalue weighted by Crippen LogP contribution is 2.21. The minimum Gasteiger partial charge on any atom is -0.461 e. The fraction of sp³-hybridized carbons (Fsp3) is 0.550. The molecular weight excluding hydrogens is 272 g/mol. The lowest BCUT2D eigenvalue weighted by Gasteiger charge is -2.11. The molecule has 1 aromatic rings. The zero-order chi connectivity index (χ0) is 16.5. The van der Waals surface area contributed by atoms with E-state index in [1.807, 2.05) is 20.8 Å². The van der Waals surface area contributed by atoms with Crippen LogP contribution in [-0.2, 0) is 9.53 Å². The van der Waals surface area contributed by atoms with Crippen LogP contribution in [0.3, 0.4) is 0 Å². The smallest absolute Gasteiger partial charge is 0.306 e. The molecule has 0 N–H and O–H groups in total. The van der Waals surface area contributed by atoms with E-state index in [2.05, 4.69) is 44.2 Å². The van der Waals surface area contributed by atoms with E-state index in [-0.39, 0.29) is 5.97 Å². The van der Waals surface area contributed by atoms with Crippen molar-refractivity contribution >= 4 is 5.97 Å². The Labute approximate surface area is 135 Å². The molecule has 0 aliphatic heterocycles. The Balaban J connectivity index is 2.32. The number of carbonyl (C=O) groups excluding carboxylic acids is 1. The number of allylic oxidation sites excluding steroid dienone is 1. The molecule has 0 radical (unpaired) electrons. The molecule has 1 rings (SSSR count). The van der Waals surface area contributed by atoms with Crippen molar-refractivity contribution in [2.45, 2.75) is 59.8 Å². The van der Waals surface area contributed by atoms with E-state index in [0.29, 0.717) is 24.9 Å². The van der Waals surface area contributed by atoms with Crippen molar-refractivity contribution in [2.24, 2.45) is 5.92 Å². The third-order valence-corrected chi connectivity index (χ3v) is 3.77. The number of carbonyl (C=O) groups is 1. The zero-order valence-electron chi connectivity index (χ0n) is 14.7. The number of ether oxygens (including phenoxy) is 1. The maximum Gasteiger partial charge on any atom is 0.306 e. The number of hydrogen-bond acceptors (Lipinski definition) is 2. The average molecular weight is 302 g/mol. The number of rotatable bonds is 8. The van der Waals surface area contributed by atoms with Crippen LogP contribution in [-0.4, -0.2) is 12.6 Å². The highest BCUT2D eigenvalue weighted by molar-refractivity contribution is 5.69. The van der Waals surface area contributed by atoms with Crippen LogP contribution in [0.15, 0.2) is 35.9 Å². The van der Waals surface area contributed by atoms with E-state index >= 15 is 0 Å². The van der Waals surface area contributed by atoms with Crippen molar-refractivity contribution in [3.63, 3.8) is 0 Å². The van der Waals surface area contributed by atoms with Crippen molar-refractivity contribution in [1.29, 1.82) is 0 Å². The summed E-state index contributed by atoms with van der Waals surface area (Å²) in [5.74, 6) is 0.802. The molecule has 0 saturated carbocycles. The van der Waals surface area contributed by atoms with E-state index in [4.69, 9.17) is 4.74 Å². The van der Waals surface area contributed by atoms with E-state index in [0.717, 1.165) is 18.4 Å². The molecule has 1 aromatic carbocycles. The Morgan fingerprint density at radius 1 is 1.18 bits per heavy atom. The van der Waals surface area contributed by atoms with Gasteiger partial charge in [0.15, 0.2) is 0 Å². The molecule has 122 valence electrons. The van der Waals surface area contributed by atoms with Crippen molar-refractivity contribution in [3.05, 3.63) is 47.0 Å². The van der Waals surface area contributed by atoms with Gasteiger partial charge in [0.25, 0.3) is 0 Å². The van der Waals surface area contributed by atoms with Gasteiger partial charge in [-0.05, 0) is 49.7 Å². The first-order valence-electron chi connectivity index (χ1n) is 8.26. The predicted octanol–water partition coefficient (Wildman–Crippen LogP) is 5.41. The minimum absolute atomic E-state index is 0.101. The second kappa shape index (κ2) is 9.45. The molecule has 0 aliphatic carbocycles. The predicted molar refractivity (Wildman–Crippen MR) is 93.0 cm³/mol. The van der Waals surface area contributed by atoms with Gasteiger partial charge in [-0.1, -0.05) is 56.7 Å². The molecule has 0 saturated heterocycles. The summed E-state index contributed by atoms with van der Waals surface area (Å²) in [7, 11) is 0. The largest absolute Gasteiger partial charge is 0.461 e. The SMILES string of the molecule is C/C(=C/CC[C@H](C)c1ccc(C)cc1)COC(=O)CC(C)C. The van der Waals surface area contributed by atoms with Crippen LogP contribution >= 0.6 is 0 Å². The lowest BCUT2D eigenvalue weighted by Crippen LogP contribution is -2.09. The number of aryl methyl sites for hydroxylation is 1. The zero-order valence-corrected chi connectivity index (χ0v) is 14.7. The van der Waals surface area contributed by atoms with Gasteiger partial charge in [0.05, 0.1) is 0 Å². The van der Waals surface area contributed by atoms with E-state index in [9.17, 15) is 4.79 Å². The van der Waals surface area contributed by atoms with Crippen molar-refractivity contribution < 1.29 is 9.53 Å². The highest BCUT2D eigenvalue weighted by Gasteiger charge is 2.07. The Hall–Kier alpha value is -1.57. The summed E-state index contributed by atoms with van der Waals surface area (Å²) in [4.78, 5) is 11.5. The summed E-state index contributed by atoms with van der Waals surface area (Å²) in [6, 6.07) is 8.76. The quantitative estimate of drug-likeness (QED) is 0.474. The van der Waals surface area contributed by atoms with Crippen LogP contribution in [0.25, 0.3) is 0 Å². The first kappa shape index (κ1) is 18.5. The average Bonchev–Trinajstić information content (AvgIpc) is 2.45. The normalized spacial score (nSPS) is 13.3. The molecule has 0 aromatic heterocycles. The summed E-state index contributed by atoms with van der Waals surface area (Å²) in [5.41, 5.74) is 3.82. The third kappa shape index (κ3) is 7.44. The van der Waals surface area contributed by atoms with Gasteiger partial charge in [0.2, 0.25) is 0 Å². The van der Waals surface area contributed by atoms with Gasteiger partial charge < -0.3 is 4.74 Å². The fourth-order valence-electron chi connectivity index (χ4n) is 2.29. The maximum atomic E-state index is 11.5. The molecule has 2 nitrogen and oxygen atoms in total. The summed E-state index contributed by atoms with van der Waals surface area (Å²) < 4.78 is 5.26. The number of hydrogen-bond donors (Lipinski definition) is 0. The minimum atomic E-state index is -0.101. The van der Waals surface area contributed by atoms with E-state index in [1.165, 1.54) is 11.1 Å². The topological polar surface area (TPSA) is 26.3 Å². The molecule has 0 aliphatic rings. The first-order chi connectivity index (χ1) is 10.4. The van der Waals surface area contributed by atoms with Gasteiger partial charge in [-0.3, -0.25) is 4.79 Å². The summed E-state index contributed by atoms with van der Waals surface area (Å²) in [6.45, 7) is 10.9. The molecule has 0 heterocycles. The fourth-order valence-corrected chi connectivity index (χ4v) is 2.29. The van der Waals surface area contributed by atoms with E-state index < -0.39 is 0 Å².